The SMILES string of the molecule is NC1CCc2nnc(-c3ccccc3O)n2C1. The maximum Gasteiger partial charge on any atom is 0.167 e. The zero-order valence-corrected chi connectivity index (χ0v) is 9.37. The molecule has 0 spiro atoms. The fourth-order valence-electron chi connectivity index (χ4n) is 2.21. The Labute approximate surface area is 98.9 Å². The Kier molecular flexibility index (Phi) is 2.33. The van der Waals surface area contributed by atoms with Gasteiger partial charge in [-0.05, 0) is 18.6 Å². The Morgan fingerprint density at radius 1 is 1.29 bits per heavy atom. The van der Waals surface area contributed by atoms with Crippen LogP contribution in [0.4, 0.5) is 0 Å². The van der Waals surface area contributed by atoms with Gasteiger partial charge in [0.2, 0.25) is 0 Å². The number of rotatable bonds is 1. The van der Waals surface area contributed by atoms with E-state index in [1.54, 1.807) is 12.1 Å². The quantitative estimate of drug-likeness (QED) is 0.763. The second-order valence-corrected chi connectivity index (χ2v) is 4.37. The first-order chi connectivity index (χ1) is 8.25. The zero-order valence-electron chi connectivity index (χ0n) is 9.37. The third-order valence-electron chi connectivity index (χ3n) is 3.13. The molecule has 1 aliphatic heterocycles. The predicted octanol–water partition coefficient (Wildman–Crippen LogP) is 0.924. The Bertz CT molecular complexity index is 549. The van der Waals surface area contributed by atoms with Crippen molar-refractivity contribution in [2.24, 2.45) is 5.73 Å². The van der Waals surface area contributed by atoms with Gasteiger partial charge >= 0.3 is 0 Å². The third kappa shape index (κ3) is 1.68. The Morgan fingerprint density at radius 3 is 2.94 bits per heavy atom. The number of aryl methyl sites for hydroxylation is 1. The number of benzene rings is 1. The van der Waals surface area contributed by atoms with Gasteiger partial charge in [-0.3, -0.25) is 0 Å². The number of phenols is 1. The summed E-state index contributed by atoms with van der Waals surface area (Å²) < 4.78 is 2.00. The van der Waals surface area contributed by atoms with E-state index in [-0.39, 0.29) is 11.8 Å². The van der Waals surface area contributed by atoms with Crippen molar-refractivity contribution < 1.29 is 5.11 Å². The van der Waals surface area contributed by atoms with Gasteiger partial charge in [0.25, 0.3) is 0 Å². The summed E-state index contributed by atoms with van der Waals surface area (Å²) in [7, 11) is 0. The molecule has 2 aromatic rings. The fraction of sp³-hybridized carbons (Fsp3) is 0.333. The molecule has 0 fully saturated rings. The van der Waals surface area contributed by atoms with Gasteiger partial charge in [-0.25, -0.2) is 0 Å². The van der Waals surface area contributed by atoms with Crippen LogP contribution in [-0.2, 0) is 13.0 Å². The highest BCUT2D eigenvalue weighted by Crippen LogP contribution is 2.29. The lowest BCUT2D eigenvalue weighted by Crippen LogP contribution is -2.32. The largest absolute Gasteiger partial charge is 0.507 e. The zero-order chi connectivity index (χ0) is 11.8. The minimum atomic E-state index is 0.142. The number of aromatic nitrogens is 3. The van der Waals surface area contributed by atoms with Gasteiger partial charge in [-0.15, -0.1) is 10.2 Å². The van der Waals surface area contributed by atoms with E-state index in [1.165, 1.54) is 0 Å². The van der Waals surface area contributed by atoms with E-state index >= 15 is 0 Å². The highest BCUT2D eigenvalue weighted by molar-refractivity contribution is 5.63. The number of nitrogens with two attached hydrogens (primary N) is 1. The summed E-state index contributed by atoms with van der Waals surface area (Å²) in [4.78, 5) is 0. The monoisotopic (exact) mass is 230 g/mol. The molecule has 0 saturated heterocycles. The lowest BCUT2D eigenvalue weighted by Gasteiger charge is -2.20. The molecular formula is C12H14N4O. The van der Waals surface area contributed by atoms with Crippen molar-refractivity contribution in [1.82, 2.24) is 14.8 Å². The molecule has 1 aliphatic rings. The lowest BCUT2D eigenvalue weighted by molar-refractivity contribution is 0.453. The molecule has 2 heterocycles. The minimum absolute atomic E-state index is 0.142. The van der Waals surface area contributed by atoms with Crippen molar-refractivity contribution in [1.29, 1.82) is 0 Å². The molecule has 1 unspecified atom stereocenters. The van der Waals surface area contributed by atoms with Crippen LogP contribution in [0.1, 0.15) is 12.2 Å². The first kappa shape index (κ1) is 10.3. The van der Waals surface area contributed by atoms with Crippen molar-refractivity contribution in [2.45, 2.75) is 25.4 Å². The summed E-state index contributed by atoms with van der Waals surface area (Å²) in [6.07, 6.45) is 1.79. The molecule has 1 atom stereocenters. The van der Waals surface area contributed by atoms with Gasteiger partial charge in [0, 0.05) is 19.0 Å². The number of hydrogen-bond acceptors (Lipinski definition) is 4. The number of fused-ring (bicyclic) bond motifs is 1. The Balaban J connectivity index is 2.11. The second kappa shape index (κ2) is 3.85. The van der Waals surface area contributed by atoms with E-state index < -0.39 is 0 Å². The summed E-state index contributed by atoms with van der Waals surface area (Å²) in [5.74, 6) is 1.88. The molecule has 0 aliphatic carbocycles. The first-order valence-electron chi connectivity index (χ1n) is 5.71. The van der Waals surface area contributed by atoms with Crippen molar-refractivity contribution in [3.8, 4) is 17.1 Å². The van der Waals surface area contributed by atoms with Gasteiger partial charge < -0.3 is 15.4 Å². The van der Waals surface area contributed by atoms with Crippen LogP contribution in [0.25, 0.3) is 11.4 Å². The average Bonchev–Trinajstić information content (AvgIpc) is 2.72. The van der Waals surface area contributed by atoms with Crippen LogP contribution in [0.2, 0.25) is 0 Å². The Morgan fingerprint density at radius 2 is 2.12 bits per heavy atom. The summed E-state index contributed by atoms with van der Waals surface area (Å²) in [6, 6.07) is 7.30. The van der Waals surface area contributed by atoms with Gasteiger partial charge in [-0.1, -0.05) is 12.1 Å². The molecular weight excluding hydrogens is 216 g/mol. The van der Waals surface area contributed by atoms with Crippen LogP contribution in [0, 0.1) is 0 Å². The van der Waals surface area contributed by atoms with Crippen LogP contribution in [0.3, 0.4) is 0 Å². The van der Waals surface area contributed by atoms with Crippen molar-refractivity contribution in [3.05, 3.63) is 30.1 Å². The average molecular weight is 230 g/mol. The van der Waals surface area contributed by atoms with Crippen LogP contribution >= 0.6 is 0 Å². The predicted molar refractivity (Wildman–Crippen MR) is 63.4 cm³/mol. The topological polar surface area (TPSA) is 77.0 Å². The van der Waals surface area contributed by atoms with Crippen LogP contribution in [0.15, 0.2) is 24.3 Å². The molecule has 5 heteroatoms. The standard InChI is InChI=1S/C12H14N4O/c13-8-5-6-11-14-15-12(16(11)7-8)9-3-1-2-4-10(9)17/h1-4,8,17H,5-7,13H2. The molecule has 3 N–H and O–H groups in total. The van der Waals surface area contributed by atoms with E-state index in [9.17, 15) is 5.11 Å². The van der Waals surface area contributed by atoms with E-state index in [0.717, 1.165) is 18.7 Å². The Hall–Kier alpha value is -1.88. The van der Waals surface area contributed by atoms with E-state index in [2.05, 4.69) is 10.2 Å². The number of nitrogens with zero attached hydrogens (tertiary/aromatic N) is 3. The highest BCUT2D eigenvalue weighted by atomic mass is 16.3. The number of hydrogen-bond donors (Lipinski definition) is 2. The number of phenolic OH excluding ortho intramolecular Hbond substituents is 1. The number of aromatic hydroxyl groups is 1. The molecule has 0 bridgehead atoms. The summed E-state index contributed by atoms with van der Waals surface area (Å²) in [5.41, 5.74) is 6.66. The third-order valence-corrected chi connectivity index (χ3v) is 3.13. The van der Waals surface area contributed by atoms with Gasteiger partial charge in [-0.2, -0.15) is 0 Å². The van der Waals surface area contributed by atoms with Gasteiger partial charge in [0.15, 0.2) is 5.82 Å². The van der Waals surface area contributed by atoms with Crippen LogP contribution in [0.5, 0.6) is 5.75 Å². The molecule has 17 heavy (non-hydrogen) atoms. The molecule has 88 valence electrons. The molecule has 3 rings (SSSR count). The molecule has 5 nitrogen and oxygen atoms in total. The maximum atomic E-state index is 9.84. The van der Waals surface area contributed by atoms with Gasteiger partial charge in [0.05, 0.1) is 5.56 Å². The molecule has 0 saturated carbocycles. The van der Waals surface area contributed by atoms with Crippen molar-refractivity contribution in [2.75, 3.05) is 0 Å². The molecule has 1 aromatic carbocycles. The maximum absolute atomic E-state index is 9.84. The van der Waals surface area contributed by atoms with E-state index in [4.69, 9.17) is 5.73 Å². The second-order valence-electron chi connectivity index (χ2n) is 4.37. The molecule has 0 radical (unpaired) electrons. The van der Waals surface area contributed by atoms with Crippen molar-refractivity contribution in [3.63, 3.8) is 0 Å². The van der Waals surface area contributed by atoms with Crippen molar-refractivity contribution >= 4 is 0 Å². The summed E-state index contributed by atoms with van der Waals surface area (Å²) in [5, 5.41) is 18.2. The van der Waals surface area contributed by atoms with Gasteiger partial charge in [0.1, 0.15) is 11.6 Å². The van der Waals surface area contributed by atoms with E-state index in [0.29, 0.717) is 17.9 Å². The smallest absolute Gasteiger partial charge is 0.167 e. The fourth-order valence-corrected chi connectivity index (χ4v) is 2.21. The lowest BCUT2D eigenvalue weighted by atomic mass is 10.1. The normalized spacial score (nSPS) is 19.0. The molecule has 1 aromatic heterocycles. The highest BCUT2D eigenvalue weighted by Gasteiger charge is 2.22. The van der Waals surface area contributed by atoms with Crippen LogP contribution in [-0.4, -0.2) is 25.9 Å². The molecule has 0 amide bonds. The summed E-state index contributed by atoms with van der Waals surface area (Å²) >= 11 is 0. The number of para-hydroxylation sites is 1. The van der Waals surface area contributed by atoms with E-state index in [1.807, 2.05) is 16.7 Å². The first-order valence-corrected chi connectivity index (χ1v) is 5.71. The van der Waals surface area contributed by atoms with Crippen LogP contribution < -0.4 is 5.73 Å². The minimum Gasteiger partial charge on any atom is -0.507 e. The summed E-state index contributed by atoms with van der Waals surface area (Å²) in [6.45, 7) is 0.714.